The quantitative estimate of drug-likeness (QED) is 0.680. The van der Waals surface area contributed by atoms with Gasteiger partial charge >= 0.3 is 5.97 Å². The third-order valence-electron chi connectivity index (χ3n) is 3.66. The van der Waals surface area contributed by atoms with E-state index in [1.165, 1.54) is 32.4 Å². The summed E-state index contributed by atoms with van der Waals surface area (Å²) in [5, 5.41) is 0.634. The zero-order valence-electron chi connectivity index (χ0n) is 13.1. The minimum Gasteiger partial charge on any atom is -0.497 e. The topological polar surface area (TPSA) is 74.6 Å². The molecule has 0 spiro atoms. The first-order chi connectivity index (χ1) is 11.5. The van der Waals surface area contributed by atoms with Gasteiger partial charge in [-0.15, -0.1) is 0 Å². The number of rotatable bonds is 4. The van der Waals surface area contributed by atoms with Crippen molar-refractivity contribution < 1.29 is 22.7 Å². The molecular formula is C17H15NO5S. The van der Waals surface area contributed by atoms with E-state index in [1.54, 1.807) is 36.4 Å². The number of benzene rings is 2. The second-order valence-electron chi connectivity index (χ2n) is 5.02. The van der Waals surface area contributed by atoms with Crippen LogP contribution in [0, 0.1) is 0 Å². The number of hydrogen-bond donors (Lipinski definition) is 0. The lowest BCUT2D eigenvalue weighted by atomic mass is 10.2. The zero-order chi connectivity index (χ0) is 17.3. The summed E-state index contributed by atoms with van der Waals surface area (Å²) in [5.41, 5.74) is 0.364. The summed E-state index contributed by atoms with van der Waals surface area (Å²) >= 11 is 0. The van der Waals surface area contributed by atoms with Crippen LogP contribution in [0.3, 0.4) is 0 Å². The van der Waals surface area contributed by atoms with E-state index in [4.69, 9.17) is 9.47 Å². The van der Waals surface area contributed by atoms with Crippen molar-refractivity contribution in [1.82, 2.24) is 3.97 Å². The van der Waals surface area contributed by atoms with E-state index in [-0.39, 0.29) is 10.6 Å². The zero-order valence-corrected chi connectivity index (χ0v) is 13.9. The van der Waals surface area contributed by atoms with Crippen molar-refractivity contribution in [1.29, 1.82) is 0 Å². The Labute approximate surface area is 139 Å². The molecule has 7 heteroatoms. The summed E-state index contributed by atoms with van der Waals surface area (Å²) in [6, 6.07) is 14.3. The van der Waals surface area contributed by atoms with Crippen molar-refractivity contribution in [2.24, 2.45) is 0 Å². The van der Waals surface area contributed by atoms with E-state index < -0.39 is 16.0 Å². The fourth-order valence-electron chi connectivity index (χ4n) is 2.49. The largest absolute Gasteiger partial charge is 0.497 e. The van der Waals surface area contributed by atoms with E-state index >= 15 is 0 Å². The Balaban J connectivity index is 2.28. The summed E-state index contributed by atoms with van der Waals surface area (Å²) in [6.45, 7) is 0. The molecule has 0 saturated carbocycles. The summed E-state index contributed by atoms with van der Waals surface area (Å²) in [5.74, 6) is -0.178. The number of nitrogens with zero attached hydrogens (tertiary/aromatic N) is 1. The maximum absolute atomic E-state index is 13.1. The lowest BCUT2D eigenvalue weighted by molar-refractivity contribution is 0.0593. The van der Waals surface area contributed by atoms with Gasteiger partial charge in [-0.3, -0.25) is 0 Å². The molecule has 1 aromatic heterocycles. The Bertz CT molecular complexity index is 1000. The average Bonchev–Trinajstić information content (AvgIpc) is 3.01. The standard InChI is InChI=1S/C17H15NO5S/c1-22-13-7-9-14(10-8-13)24(20,21)18-15-6-4-3-5-12(15)11-16(18)17(19)23-2/h3-11H,1-2H3. The van der Waals surface area contributed by atoms with Crippen molar-refractivity contribution in [3.63, 3.8) is 0 Å². The lowest BCUT2D eigenvalue weighted by Crippen LogP contribution is -2.19. The highest BCUT2D eigenvalue weighted by Crippen LogP contribution is 2.27. The molecule has 0 aliphatic carbocycles. The van der Waals surface area contributed by atoms with Gasteiger partial charge in [0.2, 0.25) is 0 Å². The van der Waals surface area contributed by atoms with E-state index in [1.807, 2.05) is 0 Å². The third kappa shape index (κ3) is 2.52. The minimum atomic E-state index is -3.97. The van der Waals surface area contributed by atoms with Gasteiger partial charge in [0.1, 0.15) is 11.4 Å². The van der Waals surface area contributed by atoms with Crippen LogP contribution in [0.15, 0.2) is 59.5 Å². The molecule has 0 aliphatic heterocycles. The van der Waals surface area contributed by atoms with Gasteiger partial charge in [-0.2, -0.15) is 0 Å². The summed E-state index contributed by atoms with van der Waals surface area (Å²) in [6.07, 6.45) is 0. The summed E-state index contributed by atoms with van der Waals surface area (Å²) < 4.78 is 36.9. The first-order valence-corrected chi connectivity index (χ1v) is 8.51. The predicted octanol–water partition coefficient (Wildman–Crippen LogP) is 2.67. The molecule has 24 heavy (non-hydrogen) atoms. The number of hydrogen-bond acceptors (Lipinski definition) is 5. The molecule has 0 radical (unpaired) electrons. The Morgan fingerprint density at radius 3 is 2.29 bits per heavy atom. The number of fused-ring (bicyclic) bond motifs is 1. The lowest BCUT2D eigenvalue weighted by Gasteiger charge is -2.11. The number of methoxy groups -OCH3 is 2. The number of ether oxygens (including phenoxy) is 2. The van der Waals surface area contributed by atoms with Gasteiger partial charge in [0.05, 0.1) is 24.6 Å². The smallest absolute Gasteiger partial charge is 0.355 e. The van der Waals surface area contributed by atoms with Gasteiger partial charge in [-0.25, -0.2) is 17.2 Å². The molecule has 0 unspecified atom stereocenters. The predicted molar refractivity (Wildman–Crippen MR) is 88.9 cm³/mol. The Hall–Kier alpha value is -2.80. The van der Waals surface area contributed by atoms with E-state index in [2.05, 4.69) is 0 Å². The first kappa shape index (κ1) is 16.1. The highest BCUT2D eigenvalue weighted by molar-refractivity contribution is 7.90. The van der Waals surface area contributed by atoms with Crippen LogP contribution in [-0.4, -0.2) is 32.6 Å². The van der Waals surface area contributed by atoms with Crippen molar-refractivity contribution >= 4 is 26.9 Å². The maximum atomic E-state index is 13.1. The molecule has 0 amide bonds. The Morgan fingerprint density at radius 1 is 1.00 bits per heavy atom. The normalized spacial score (nSPS) is 11.4. The highest BCUT2D eigenvalue weighted by atomic mass is 32.2. The number of carbonyl (C=O) groups is 1. The second-order valence-corrected chi connectivity index (χ2v) is 6.81. The first-order valence-electron chi connectivity index (χ1n) is 7.07. The van der Waals surface area contributed by atoms with Crippen LogP contribution < -0.4 is 4.74 Å². The van der Waals surface area contributed by atoms with Crippen molar-refractivity contribution in [3.05, 3.63) is 60.3 Å². The molecular weight excluding hydrogens is 330 g/mol. The molecule has 3 aromatic rings. The average molecular weight is 345 g/mol. The Kier molecular flexibility index (Phi) is 4.02. The van der Waals surface area contributed by atoms with Crippen molar-refractivity contribution in [2.75, 3.05) is 14.2 Å². The molecule has 3 rings (SSSR count). The van der Waals surface area contributed by atoms with Crippen LogP contribution in [0.1, 0.15) is 10.5 Å². The molecule has 0 atom stereocenters. The van der Waals surface area contributed by atoms with E-state index in [0.717, 1.165) is 3.97 Å². The monoisotopic (exact) mass is 345 g/mol. The number of esters is 1. The molecule has 0 saturated heterocycles. The molecule has 0 bridgehead atoms. The van der Waals surface area contributed by atoms with Gasteiger partial charge in [0, 0.05) is 5.39 Å². The van der Waals surface area contributed by atoms with Crippen LogP contribution in [0.5, 0.6) is 5.75 Å². The van der Waals surface area contributed by atoms with Crippen LogP contribution in [0.25, 0.3) is 10.9 Å². The fourth-order valence-corrected chi connectivity index (χ4v) is 3.99. The second kappa shape index (κ2) is 6.01. The number of carbonyl (C=O) groups excluding carboxylic acids is 1. The van der Waals surface area contributed by atoms with E-state index in [0.29, 0.717) is 16.7 Å². The summed E-state index contributed by atoms with van der Waals surface area (Å²) in [7, 11) is -1.26. The van der Waals surface area contributed by atoms with Gasteiger partial charge in [0.15, 0.2) is 0 Å². The number of para-hydroxylation sites is 1. The van der Waals surface area contributed by atoms with E-state index in [9.17, 15) is 13.2 Å². The third-order valence-corrected chi connectivity index (χ3v) is 5.40. The Morgan fingerprint density at radius 2 is 1.67 bits per heavy atom. The fraction of sp³-hybridized carbons (Fsp3) is 0.118. The molecule has 6 nitrogen and oxygen atoms in total. The van der Waals surface area contributed by atoms with Crippen molar-refractivity contribution in [3.8, 4) is 5.75 Å². The maximum Gasteiger partial charge on any atom is 0.355 e. The number of aromatic nitrogens is 1. The van der Waals surface area contributed by atoms with Gasteiger partial charge < -0.3 is 9.47 Å². The van der Waals surface area contributed by atoms with Crippen LogP contribution in [-0.2, 0) is 14.8 Å². The summed E-state index contributed by atoms with van der Waals surface area (Å²) in [4.78, 5) is 12.1. The van der Waals surface area contributed by atoms with Gasteiger partial charge in [-0.05, 0) is 36.4 Å². The molecule has 2 aromatic carbocycles. The molecule has 0 fully saturated rings. The van der Waals surface area contributed by atoms with Crippen molar-refractivity contribution in [2.45, 2.75) is 4.90 Å². The van der Waals surface area contributed by atoms with Gasteiger partial charge in [-0.1, -0.05) is 18.2 Å². The van der Waals surface area contributed by atoms with Gasteiger partial charge in [0.25, 0.3) is 10.0 Å². The van der Waals surface area contributed by atoms with Crippen LogP contribution >= 0.6 is 0 Å². The molecule has 124 valence electrons. The molecule has 0 N–H and O–H groups in total. The SMILES string of the molecule is COC(=O)c1cc2ccccc2n1S(=O)(=O)c1ccc(OC)cc1. The molecule has 1 heterocycles. The minimum absolute atomic E-state index is 0.0467. The van der Waals surface area contributed by atoms with Crippen LogP contribution in [0.2, 0.25) is 0 Å². The van der Waals surface area contributed by atoms with Crippen LogP contribution in [0.4, 0.5) is 0 Å². The highest BCUT2D eigenvalue weighted by Gasteiger charge is 2.26. The molecule has 0 aliphatic rings.